The summed E-state index contributed by atoms with van der Waals surface area (Å²) in [5, 5.41) is 14.8. The fraction of sp³-hybridized carbons (Fsp3) is 0.130. The maximum atomic E-state index is 15.4. The second-order valence-corrected chi connectivity index (χ2v) is 8.16. The molecule has 0 bridgehead atoms. The number of nitrogens with zero attached hydrogens (tertiary/aromatic N) is 1. The fourth-order valence-corrected chi connectivity index (χ4v) is 4.34. The monoisotopic (exact) mass is 455 g/mol. The number of carbonyl (C=O) groups is 1. The summed E-state index contributed by atoms with van der Waals surface area (Å²) >= 11 is 11.9. The van der Waals surface area contributed by atoms with Crippen LogP contribution in [-0.4, -0.2) is 40.0 Å². The Kier molecular flexibility index (Phi) is 5.56. The molecule has 158 valence electrons. The minimum atomic E-state index is -0.709. The van der Waals surface area contributed by atoms with Crippen LogP contribution in [0.1, 0.15) is 5.56 Å². The zero-order valence-electron chi connectivity index (χ0n) is 16.4. The Labute approximate surface area is 188 Å². The first-order chi connectivity index (χ1) is 14.8. The van der Waals surface area contributed by atoms with Gasteiger partial charge in [-0.15, -0.1) is 0 Å². The third-order valence-corrected chi connectivity index (χ3v) is 5.96. The van der Waals surface area contributed by atoms with E-state index >= 15 is 4.39 Å². The number of fused-ring (bicyclic) bond motifs is 1. The normalized spacial score (nSPS) is 13.7. The second kappa shape index (κ2) is 8.17. The van der Waals surface area contributed by atoms with Gasteiger partial charge >= 0.3 is 0 Å². The number of phenolic OH excluding ortho intramolecular Hbond substituents is 1. The topological polar surface area (TPSA) is 78.6 Å². The largest absolute Gasteiger partial charge is 0.508 e. The summed E-state index contributed by atoms with van der Waals surface area (Å²) in [6.45, 7) is 4.39. The number of phenols is 1. The molecule has 0 atom stereocenters. The van der Waals surface area contributed by atoms with Gasteiger partial charge in [-0.1, -0.05) is 54.7 Å². The van der Waals surface area contributed by atoms with Gasteiger partial charge in [0.25, 0.3) is 0 Å². The first-order valence-electron chi connectivity index (χ1n) is 9.52. The molecule has 1 fully saturated rings. The van der Waals surface area contributed by atoms with Gasteiger partial charge in [0.1, 0.15) is 10.7 Å². The molecule has 3 aromatic carbocycles. The molecule has 0 aliphatic carbocycles. The molecule has 8 heteroatoms. The van der Waals surface area contributed by atoms with E-state index < -0.39 is 5.82 Å². The quantitative estimate of drug-likeness (QED) is 0.311. The molecule has 1 saturated heterocycles. The summed E-state index contributed by atoms with van der Waals surface area (Å²) in [4.78, 5) is 13.4. The van der Waals surface area contributed by atoms with Gasteiger partial charge < -0.3 is 21.1 Å². The Morgan fingerprint density at radius 2 is 2.03 bits per heavy atom. The summed E-state index contributed by atoms with van der Waals surface area (Å²) in [6, 6.07) is 11.8. The van der Waals surface area contributed by atoms with Crippen molar-refractivity contribution >= 4 is 51.2 Å². The predicted molar refractivity (Wildman–Crippen MR) is 126 cm³/mol. The molecule has 1 aliphatic rings. The summed E-state index contributed by atoms with van der Waals surface area (Å²) in [5.74, 6) is -0.868. The highest BCUT2D eigenvalue weighted by atomic mass is 35.5. The van der Waals surface area contributed by atoms with Crippen LogP contribution in [0.15, 0.2) is 55.1 Å². The van der Waals surface area contributed by atoms with Crippen molar-refractivity contribution in [2.75, 3.05) is 18.8 Å². The van der Waals surface area contributed by atoms with Gasteiger partial charge in [0, 0.05) is 24.2 Å². The standard InChI is InChI=1S/C23H19ClFN3O2S/c1-2-19(30)28-10-13(11-28)27-23(31)17-9-18(24)20(21(25)22(17)26)16-8-14(29)7-12-5-3-4-6-15(12)16/h2-9,13,29H,1,10-11,26H2,(H,27,31). The highest BCUT2D eigenvalue weighted by Gasteiger charge is 2.30. The second-order valence-electron chi connectivity index (χ2n) is 7.34. The van der Waals surface area contributed by atoms with E-state index in [1.807, 2.05) is 24.3 Å². The molecule has 1 aliphatic heterocycles. The van der Waals surface area contributed by atoms with E-state index in [4.69, 9.17) is 29.6 Å². The number of benzene rings is 3. The number of hydrogen-bond acceptors (Lipinski definition) is 4. The number of amides is 1. The Hall–Kier alpha value is -3.16. The number of likely N-dealkylation sites (tertiary alicyclic amines) is 1. The summed E-state index contributed by atoms with van der Waals surface area (Å²) in [7, 11) is 0. The maximum Gasteiger partial charge on any atom is 0.246 e. The summed E-state index contributed by atoms with van der Waals surface area (Å²) < 4.78 is 15.4. The van der Waals surface area contributed by atoms with Gasteiger partial charge in [-0.05, 0) is 40.6 Å². The van der Waals surface area contributed by atoms with Gasteiger partial charge in [0.05, 0.1) is 16.8 Å². The summed E-state index contributed by atoms with van der Waals surface area (Å²) in [5.41, 5.74) is 6.78. The number of anilines is 1. The number of nitrogens with one attached hydrogen (secondary N) is 1. The van der Waals surface area contributed by atoms with E-state index in [9.17, 15) is 9.90 Å². The number of halogens is 2. The molecule has 1 heterocycles. The van der Waals surface area contributed by atoms with Gasteiger partial charge in [0.2, 0.25) is 5.91 Å². The first-order valence-corrected chi connectivity index (χ1v) is 10.3. The number of aromatic hydroxyl groups is 1. The van der Waals surface area contributed by atoms with Crippen molar-refractivity contribution in [1.82, 2.24) is 10.2 Å². The van der Waals surface area contributed by atoms with Crippen molar-refractivity contribution in [1.29, 1.82) is 0 Å². The van der Waals surface area contributed by atoms with Gasteiger partial charge in [-0.25, -0.2) is 4.39 Å². The minimum absolute atomic E-state index is 0.00684. The van der Waals surface area contributed by atoms with E-state index in [2.05, 4.69) is 11.9 Å². The van der Waals surface area contributed by atoms with Crippen LogP contribution >= 0.6 is 23.8 Å². The van der Waals surface area contributed by atoms with Crippen molar-refractivity contribution in [2.24, 2.45) is 0 Å². The van der Waals surface area contributed by atoms with Crippen LogP contribution in [0.2, 0.25) is 5.02 Å². The van der Waals surface area contributed by atoms with Crippen molar-refractivity contribution in [2.45, 2.75) is 6.04 Å². The molecule has 3 aromatic rings. The van der Waals surface area contributed by atoms with Crippen LogP contribution in [0.3, 0.4) is 0 Å². The third-order valence-electron chi connectivity index (χ3n) is 5.32. The van der Waals surface area contributed by atoms with Crippen molar-refractivity contribution < 1.29 is 14.3 Å². The van der Waals surface area contributed by atoms with E-state index in [0.717, 1.165) is 10.8 Å². The van der Waals surface area contributed by atoms with Gasteiger partial charge in [-0.3, -0.25) is 4.79 Å². The molecule has 0 aromatic heterocycles. The van der Waals surface area contributed by atoms with Crippen LogP contribution in [0.4, 0.5) is 10.1 Å². The lowest BCUT2D eigenvalue weighted by molar-refractivity contribution is -0.130. The Morgan fingerprint density at radius 1 is 1.32 bits per heavy atom. The molecule has 0 saturated carbocycles. The Balaban J connectivity index is 1.67. The fourth-order valence-electron chi connectivity index (χ4n) is 3.71. The van der Waals surface area contributed by atoms with Crippen LogP contribution in [0.5, 0.6) is 5.75 Å². The zero-order chi connectivity index (χ0) is 22.3. The number of hydrogen-bond donors (Lipinski definition) is 3. The molecular weight excluding hydrogens is 437 g/mol. The van der Waals surface area contributed by atoms with Crippen LogP contribution in [0, 0.1) is 5.82 Å². The average molecular weight is 456 g/mol. The molecule has 4 N–H and O–H groups in total. The number of nitrogen functional groups attached to an aromatic ring is 1. The van der Waals surface area contributed by atoms with Crippen molar-refractivity contribution in [3.8, 4) is 16.9 Å². The van der Waals surface area contributed by atoms with Crippen LogP contribution in [0.25, 0.3) is 21.9 Å². The lowest BCUT2D eigenvalue weighted by Crippen LogP contribution is -2.60. The molecule has 31 heavy (non-hydrogen) atoms. The molecule has 0 spiro atoms. The molecule has 1 amide bonds. The highest BCUT2D eigenvalue weighted by molar-refractivity contribution is 7.80. The van der Waals surface area contributed by atoms with Crippen molar-refractivity contribution in [3.63, 3.8) is 0 Å². The number of carbonyl (C=O) groups excluding carboxylic acids is 1. The lowest BCUT2D eigenvalue weighted by Gasteiger charge is -2.39. The van der Waals surface area contributed by atoms with E-state index in [1.165, 1.54) is 18.2 Å². The molecular formula is C23H19ClFN3O2S. The van der Waals surface area contributed by atoms with Crippen LogP contribution in [-0.2, 0) is 4.79 Å². The first kappa shape index (κ1) is 21.1. The van der Waals surface area contributed by atoms with E-state index in [0.29, 0.717) is 18.7 Å². The molecule has 4 rings (SSSR count). The minimum Gasteiger partial charge on any atom is -0.508 e. The van der Waals surface area contributed by atoms with E-state index in [1.54, 1.807) is 11.0 Å². The highest BCUT2D eigenvalue weighted by Crippen LogP contribution is 2.41. The third kappa shape index (κ3) is 3.82. The van der Waals surface area contributed by atoms with Crippen molar-refractivity contribution in [3.05, 3.63) is 71.5 Å². The SMILES string of the molecule is C=CC(=O)N1CC(NC(=S)c2cc(Cl)c(-c3cc(O)cc4ccccc34)c(F)c2N)C1. The number of thiocarbonyl (C=S) groups is 1. The smallest absolute Gasteiger partial charge is 0.246 e. The summed E-state index contributed by atoms with van der Waals surface area (Å²) in [6.07, 6.45) is 1.26. The molecule has 5 nitrogen and oxygen atoms in total. The molecule has 0 radical (unpaired) electrons. The molecule has 0 unspecified atom stereocenters. The maximum absolute atomic E-state index is 15.4. The number of nitrogens with two attached hydrogens (primary N) is 1. The Morgan fingerprint density at radius 3 is 2.74 bits per heavy atom. The van der Waals surface area contributed by atoms with E-state index in [-0.39, 0.29) is 44.5 Å². The Bertz CT molecular complexity index is 1240. The average Bonchev–Trinajstić information content (AvgIpc) is 2.72. The number of rotatable bonds is 4. The van der Waals surface area contributed by atoms with Crippen LogP contribution < -0.4 is 11.1 Å². The van der Waals surface area contributed by atoms with Gasteiger partial charge in [0.15, 0.2) is 5.82 Å². The van der Waals surface area contributed by atoms with Gasteiger partial charge in [-0.2, -0.15) is 0 Å². The zero-order valence-corrected chi connectivity index (χ0v) is 17.9. The lowest BCUT2D eigenvalue weighted by atomic mass is 9.95. The predicted octanol–water partition coefficient (Wildman–Crippen LogP) is 4.25.